The second-order valence-corrected chi connectivity index (χ2v) is 5.81. The van der Waals surface area contributed by atoms with Crippen molar-refractivity contribution in [3.05, 3.63) is 33.9 Å². The molecule has 2 rings (SSSR count). The molecule has 1 aromatic carbocycles. The molecule has 102 valence electrons. The summed E-state index contributed by atoms with van der Waals surface area (Å²) in [5.41, 5.74) is 8.29. The van der Waals surface area contributed by atoms with Crippen LogP contribution in [-0.2, 0) is 0 Å². The van der Waals surface area contributed by atoms with Gasteiger partial charge in [0.05, 0.1) is 16.3 Å². The van der Waals surface area contributed by atoms with Crippen molar-refractivity contribution in [3.63, 3.8) is 0 Å². The molecule has 0 spiro atoms. The Morgan fingerprint density at radius 3 is 2.47 bits per heavy atom. The van der Waals surface area contributed by atoms with Crippen molar-refractivity contribution in [2.24, 2.45) is 5.92 Å². The van der Waals surface area contributed by atoms with Crippen LogP contribution in [0.1, 0.15) is 32.4 Å². The molecule has 0 saturated heterocycles. The zero-order valence-corrected chi connectivity index (χ0v) is 12.6. The van der Waals surface area contributed by atoms with E-state index in [-0.39, 0.29) is 11.8 Å². The molecule has 1 heterocycles. The Kier molecular flexibility index (Phi) is 4.07. The van der Waals surface area contributed by atoms with Gasteiger partial charge >= 0.3 is 0 Å². The molecule has 3 nitrogen and oxygen atoms in total. The third-order valence-electron chi connectivity index (χ3n) is 3.38. The number of nitrogens with zero attached hydrogens (tertiary/aromatic N) is 1. The lowest BCUT2D eigenvalue weighted by Crippen LogP contribution is -2.04. The maximum Gasteiger partial charge on any atom is 0.230 e. The Bertz CT molecular complexity index is 593. The molecule has 0 saturated carbocycles. The highest BCUT2D eigenvalue weighted by molar-refractivity contribution is 6.36. The van der Waals surface area contributed by atoms with E-state index in [0.29, 0.717) is 16.0 Å². The molecule has 0 bridgehead atoms. The summed E-state index contributed by atoms with van der Waals surface area (Å²) in [5, 5.41) is 5.21. The number of halogens is 2. The standard InChI is InChI=1S/C14H16Cl2N2O/c1-7(2)8(3)13-12(14(17)19-18-13)10-5-4-9(15)6-11(10)16/h4-8H,17H2,1-3H3. The molecule has 19 heavy (non-hydrogen) atoms. The SMILES string of the molecule is CC(C)C(C)c1noc(N)c1-c1ccc(Cl)cc1Cl. The van der Waals surface area contributed by atoms with Crippen molar-refractivity contribution in [2.75, 3.05) is 5.73 Å². The summed E-state index contributed by atoms with van der Waals surface area (Å²) in [6, 6.07) is 5.30. The zero-order chi connectivity index (χ0) is 14.2. The van der Waals surface area contributed by atoms with E-state index in [1.807, 2.05) is 6.07 Å². The van der Waals surface area contributed by atoms with Crippen molar-refractivity contribution in [3.8, 4) is 11.1 Å². The van der Waals surface area contributed by atoms with E-state index in [4.69, 9.17) is 33.5 Å². The van der Waals surface area contributed by atoms with Gasteiger partial charge in [0.2, 0.25) is 5.88 Å². The topological polar surface area (TPSA) is 52.0 Å². The van der Waals surface area contributed by atoms with Crippen LogP contribution in [0.25, 0.3) is 11.1 Å². The molecule has 0 aliphatic carbocycles. The van der Waals surface area contributed by atoms with Crippen LogP contribution in [0, 0.1) is 5.92 Å². The molecule has 0 fully saturated rings. The summed E-state index contributed by atoms with van der Waals surface area (Å²) in [5.74, 6) is 0.934. The highest BCUT2D eigenvalue weighted by atomic mass is 35.5. The van der Waals surface area contributed by atoms with Crippen LogP contribution in [0.3, 0.4) is 0 Å². The van der Waals surface area contributed by atoms with Crippen molar-refractivity contribution >= 4 is 29.1 Å². The molecule has 0 amide bonds. The number of hydrogen-bond acceptors (Lipinski definition) is 3. The summed E-state index contributed by atoms with van der Waals surface area (Å²) in [7, 11) is 0. The minimum Gasteiger partial charge on any atom is -0.367 e. The number of nitrogen functional groups attached to an aromatic ring is 1. The van der Waals surface area contributed by atoms with E-state index in [9.17, 15) is 0 Å². The quantitative estimate of drug-likeness (QED) is 0.868. The normalized spacial score (nSPS) is 12.9. The molecule has 2 N–H and O–H groups in total. The Balaban J connectivity index is 2.58. The number of anilines is 1. The van der Waals surface area contributed by atoms with E-state index < -0.39 is 0 Å². The third-order valence-corrected chi connectivity index (χ3v) is 3.92. The first-order chi connectivity index (χ1) is 8.91. The van der Waals surface area contributed by atoms with Gasteiger partial charge in [0, 0.05) is 16.5 Å². The number of nitrogens with two attached hydrogens (primary N) is 1. The molecule has 1 atom stereocenters. The molecule has 1 aromatic heterocycles. The summed E-state index contributed by atoms with van der Waals surface area (Å²) in [6.45, 7) is 6.35. The molecule has 0 aliphatic heterocycles. The van der Waals surface area contributed by atoms with Crippen LogP contribution in [0.2, 0.25) is 10.0 Å². The van der Waals surface area contributed by atoms with Crippen LogP contribution >= 0.6 is 23.2 Å². The maximum absolute atomic E-state index is 6.24. The van der Waals surface area contributed by atoms with Gasteiger partial charge in [0.25, 0.3) is 0 Å². The minimum absolute atomic E-state index is 0.225. The average molecular weight is 299 g/mol. The van der Waals surface area contributed by atoms with Gasteiger partial charge in [-0.05, 0) is 18.1 Å². The Hall–Kier alpha value is -1.19. The Morgan fingerprint density at radius 2 is 1.89 bits per heavy atom. The van der Waals surface area contributed by atoms with Crippen LogP contribution in [-0.4, -0.2) is 5.16 Å². The van der Waals surface area contributed by atoms with E-state index in [0.717, 1.165) is 16.8 Å². The van der Waals surface area contributed by atoms with E-state index >= 15 is 0 Å². The van der Waals surface area contributed by atoms with Gasteiger partial charge < -0.3 is 10.3 Å². The lowest BCUT2D eigenvalue weighted by atomic mass is 9.90. The van der Waals surface area contributed by atoms with Crippen LogP contribution in [0.15, 0.2) is 22.7 Å². The van der Waals surface area contributed by atoms with Gasteiger partial charge in [-0.2, -0.15) is 0 Å². The highest BCUT2D eigenvalue weighted by Crippen LogP contribution is 2.40. The van der Waals surface area contributed by atoms with Gasteiger partial charge in [-0.15, -0.1) is 0 Å². The van der Waals surface area contributed by atoms with Crippen molar-refractivity contribution in [1.82, 2.24) is 5.16 Å². The average Bonchev–Trinajstić information content (AvgIpc) is 2.70. The van der Waals surface area contributed by atoms with Gasteiger partial charge in [0.15, 0.2) is 0 Å². The van der Waals surface area contributed by atoms with Crippen molar-refractivity contribution in [2.45, 2.75) is 26.7 Å². The number of benzene rings is 1. The van der Waals surface area contributed by atoms with Gasteiger partial charge in [-0.25, -0.2) is 0 Å². The highest BCUT2D eigenvalue weighted by Gasteiger charge is 2.24. The monoisotopic (exact) mass is 298 g/mol. The van der Waals surface area contributed by atoms with Crippen LogP contribution in [0.5, 0.6) is 0 Å². The predicted molar refractivity (Wildman–Crippen MR) is 79.6 cm³/mol. The second kappa shape index (κ2) is 5.43. The predicted octanol–water partition coefficient (Wildman–Crippen LogP) is 4.99. The molecule has 2 aromatic rings. The molecular formula is C14H16Cl2N2O. The summed E-state index contributed by atoms with van der Waals surface area (Å²) in [6.07, 6.45) is 0. The van der Waals surface area contributed by atoms with Gasteiger partial charge in [-0.1, -0.05) is 55.2 Å². The lowest BCUT2D eigenvalue weighted by molar-refractivity contribution is 0.407. The summed E-state index contributed by atoms with van der Waals surface area (Å²) >= 11 is 12.2. The van der Waals surface area contributed by atoms with Crippen LogP contribution in [0.4, 0.5) is 5.88 Å². The van der Waals surface area contributed by atoms with Crippen molar-refractivity contribution < 1.29 is 4.52 Å². The first kappa shape index (κ1) is 14.2. The first-order valence-corrected chi connectivity index (χ1v) is 6.87. The van der Waals surface area contributed by atoms with E-state index in [1.54, 1.807) is 12.1 Å². The number of rotatable bonds is 3. The van der Waals surface area contributed by atoms with Gasteiger partial charge in [0.1, 0.15) is 0 Å². The fourth-order valence-electron chi connectivity index (χ4n) is 1.91. The fourth-order valence-corrected chi connectivity index (χ4v) is 2.41. The minimum atomic E-state index is 0.225. The smallest absolute Gasteiger partial charge is 0.230 e. The third kappa shape index (κ3) is 2.72. The summed E-state index contributed by atoms with van der Waals surface area (Å²) in [4.78, 5) is 0. The van der Waals surface area contributed by atoms with Crippen molar-refractivity contribution in [1.29, 1.82) is 0 Å². The van der Waals surface area contributed by atoms with Crippen LogP contribution < -0.4 is 5.73 Å². The largest absolute Gasteiger partial charge is 0.367 e. The molecule has 1 unspecified atom stereocenters. The molecule has 5 heteroatoms. The zero-order valence-electron chi connectivity index (χ0n) is 11.1. The molecule has 0 radical (unpaired) electrons. The first-order valence-electron chi connectivity index (χ1n) is 6.12. The lowest BCUT2D eigenvalue weighted by Gasteiger charge is -2.14. The Labute approximate surface area is 122 Å². The summed E-state index contributed by atoms with van der Waals surface area (Å²) < 4.78 is 5.14. The second-order valence-electron chi connectivity index (χ2n) is 4.96. The number of aromatic nitrogens is 1. The van der Waals surface area contributed by atoms with E-state index in [2.05, 4.69) is 25.9 Å². The number of hydrogen-bond donors (Lipinski definition) is 1. The van der Waals surface area contributed by atoms with E-state index in [1.165, 1.54) is 0 Å². The molecular weight excluding hydrogens is 283 g/mol. The molecule has 0 aliphatic rings. The maximum atomic E-state index is 6.24. The Morgan fingerprint density at radius 1 is 1.21 bits per heavy atom. The van der Waals surface area contributed by atoms with Gasteiger partial charge in [-0.3, -0.25) is 0 Å². The fraction of sp³-hybridized carbons (Fsp3) is 0.357.